The molecule has 0 radical (unpaired) electrons. The highest BCUT2D eigenvalue weighted by molar-refractivity contribution is 5.94. The van der Waals surface area contributed by atoms with Crippen LogP contribution >= 0.6 is 0 Å². The third-order valence-electron chi connectivity index (χ3n) is 8.25. The Morgan fingerprint density at radius 2 is 1.82 bits per heavy atom. The van der Waals surface area contributed by atoms with Gasteiger partial charge in [0.1, 0.15) is 5.52 Å². The van der Waals surface area contributed by atoms with Crippen LogP contribution in [0.15, 0.2) is 48.5 Å². The maximum absolute atomic E-state index is 13.4. The summed E-state index contributed by atoms with van der Waals surface area (Å²) in [5, 5.41) is 8.70. The third kappa shape index (κ3) is 4.81. The number of amides is 1. The Balaban J connectivity index is 1.53. The van der Waals surface area contributed by atoms with Crippen LogP contribution in [0.1, 0.15) is 69.1 Å². The highest BCUT2D eigenvalue weighted by atomic mass is 16.7. The molecule has 202 valence electrons. The Bertz CT molecular complexity index is 1570. The Kier molecular flexibility index (Phi) is 7.23. The minimum absolute atomic E-state index is 0.0334. The maximum Gasteiger partial charge on any atom is 0.328 e. The molecule has 0 bridgehead atoms. The molecule has 0 unspecified atom stereocenters. The molecule has 0 aliphatic carbocycles. The molecule has 2 atom stereocenters. The Labute approximate surface area is 228 Å². The Hall–Kier alpha value is -4.04. The summed E-state index contributed by atoms with van der Waals surface area (Å²) in [5.74, 6) is 4.03. The summed E-state index contributed by atoms with van der Waals surface area (Å²) in [7, 11) is 0. The van der Waals surface area contributed by atoms with Crippen LogP contribution < -0.4 is 5.90 Å². The number of carbonyl (C=O) groups is 2. The molecule has 39 heavy (non-hydrogen) atoms. The number of fused-ring (bicyclic) bond motifs is 2. The van der Waals surface area contributed by atoms with Gasteiger partial charge in [0.15, 0.2) is 0 Å². The third-order valence-corrected chi connectivity index (χ3v) is 8.25. The van der Waals surface area contributed by atoms with E-state index in [-0.39, 0.29) is 11.8 Å². The van der Waals surface area contributed by atoms with Gasteiger partial charge in [-0.25, -0.2) is 4.68 Å². The van der Waals surface area contributed by atoms with Crippen molar-refractivity contribution in [2.75, 3.05) is 6.54 Å². The summed E-state index contributed by atoms with van der Waals surface area (Å²) >= 11 is 0. The second-order valence-electron chi connectivity index (χ2n) is 10.6. The molecule has 0 saturated carbocycles. The average Bonchev–Trinajstić information content (AvgIpc) is 3.38. The zero-order valence-corrected chi connectivity index (χ0v) is 23.2. The van der Waals surface area contributed by atoms with E-state index in [0.717, 1.165) is 51.8 Å². The molecule has 2 N–H and O–H groups in total. The van der Waals surface area contributed by atoms with Gasteiger partial charge in [0, 0.05) is 31.1 Å². The highest BCUT2D eigenvalue weighted by Crippen LogP contribution is 2.38. The lowest BCUT2D eigenvalue weighted by Crippen LogP contribution is -2.36. The number of nitrogens with zero attached hydrogens (tertiary/aromatic N) is 4. The predicted molar refractivity (Wildman–Crippen MR) is 150 cm³/mol. The van der Waals surface area contributed by atoms with Gasteiger partial charge in [0.05, 0.1) is 11.4 Å². The van der Waals surface area contributed by atoms with Crippen molar-refractivity contribution < 1.29 is 14.4 Å². The van der Waals surface area contributed by atoms with Crippen molar-refractivity contribution in [3.63, 3.8) is 0 Å². The van der Waals surface area contributed by atoms with Gasteiger partial charge in [-0.15, -0.1) is 5.10 Å². The second-order valence-corrected chi connectivity index (χ2v) is 10.6. The minimum Gasteiger partial charge on any atom is -0.373 e. The van der Waals surface area contributed by atoms with Gasteiger partial charge in [0.2, 0.25) is 0 Å². The van der Waals surface area contributed by atoms with Crippen LogP contribution in [0.25, 0.3) is 11.0 Å². The molecule has 1 aromatic heterocycles. The van der Waals surface area contributed by atoms with Crippen molar-refractivity contribution in [3.05, 3.63) is 93.0 Å². The summed E-state index contributed by atoms with van der Waals surface area (Å²) in [5.41, 5.74) is 9.97. The van der Waals surface area contributed by atoms with Crippen molar-refractivity contribution in [2.24, 2.45) is 11.8 Å². The summed E-state index contributed by atoms with van der Waals surface area (Å²) in [4.78, 5) is 32.7. The Morgan fingerprint density at radius 3 is 2.54 bits per heavy atom. The largest absolute Gasteiger partial charge is 0.373 e. The normalized spacial score (nSPS) is 14.7. The molecule has 3 aromatic carbocycles. The lowest BCUT2D eigenvalue weighted by molar-refractivity contribution is -0.148. The van der Waals surface area contributed by atoms with Gasteiger partial charge in [-0.1, -0.05) is 42.5 Å². The molecule has 2 heterocycles. The number of aromatic nitrogens is 3. The predicted octanol–water partition coefficient (Wildman–Crippen LogP) is 4.76. The van der Waals surface area contributed by atoms with Crippen LogP contribution in [-0.2, 0) is 29.1 Å². The first-order valence-corrected chi connectivity index (χ1v) is 13.4. The van der Waals surface area contributed by atoms with Crippen molar-refractivity contribution in [1.82, 2.24) is 19.9 Å². The first kappa shape index (κ1) is 26.6. The number of benzene rings is 3. The molecule has 1 amide bonds. The van der Waals surface area contributed by atoms with Crippen molar-refractivity contribution in [2.45, 2.75) is 60.0 Å². The minimum atomic E-state index is -0.540. The number of rotatable bonds is 6. The highest BCUT2D eigenvalue weighted by Gasteiger charge is 2.32. The fraction of sp³-hybridized carbons (Fsp3) is 0.355. The first-order valence-electron chi connectivity index (χ1n) is 13.4. The van der Waals surface area contributed by atoms with Gasteiger partial charge < -0.3 is 9.74 Å². The van der Waals surface area contributed by atoms with E-state index in [0.29, 0.717) is 18.7 Å². The topological polar surface area (TPSA) is 103 Å². The molecular weight excluding hydrogens is 490 g/mol. The van der Waals surface area contributed by atoms with Gasteiger partial charge in [0.25, 0.3) is 5.91 Å². The van der Waals surface area contributed by atoms with Crippen LogP contribution in [0.4, 0.5) is 0 Å². The molecule has 0 saturated heterocycles. The van der Waals surface area contributed by atoms with Crippen LogP contribution in [0.2, 0.25) is 0 Å². The maximum atomic E-state index is 13.4. The molecule has 0 spiro atoms. The van der Waals surface area contributed by atoms with Crippen LogP contribution in [0.3, 0.4) is 0 Å². The van der Waals surface area contributed by atoms with Gasteiger partial charge in [-0.05, 0) is 91.3 Å². The van der Waals surface area contributed by atoms with E-state index in [4.69, 9.17) is 5.90 Å². The number of hydrogen-bond donors (Lipinski definition) is 1. The Morgan fingerprint density at radius 1 is 1.03 bits per heavy atom. The molecule has 1 aliphatic rings. The van der Waals surface area contributed by atoms with Crippen LogP contribution in [-0.4, -0.2) is 38.3 Å². The molecule has 4 aromatic rings. The van der Waals surface area contributed by atoms with E-state index in [2.05, 4.69) is 33.3 Å². The first-order chi connectivity index (χ1) is 18.7. The molecular formula is C31H35N5O3. The van der Waals surface area contributed by atoms with E-state index in [9.17, 15) is 9.59 Å². The zero-order valence-electron chi connectivity index (χ0n) is 23.2. The quantitative estimate of drug-likeness (QED) is 0.364. The summed E-state index contributed by atoms with van der Waals surface area (Å²) in [6.45, 7) is 11.9. The van der Waals surface area contributed by atoms with E-state index < -0.39 is 11.9 Å². The monoisotopic (exact) mass is 525 g/mol. The van der Waals surface area contributed by atoms with Crippen molar-refractivity contribution >= 4 is 22.9 Å². The summed E-state index contributed by atoms with van der Waals surface area (Å²) in [6.07, 6.45) is 0.780. The zero-order chi connectivity index (χ0) is 27.8. The van der Waals surface area contributed by atoms with E-state index in [1.54, 1.807) is 0 Å². The van der Waals surface area contributed by atoms with Crippen LogP contribution in [0, 0.1) is 26.7 Å². The lowest BCUT2D eigenvalue weighted by atomic mass is 9.78. The molecule has 1 aliphatic heterocycles. The fourth-order valence-corrected chi connectivity index (χ4v) is 5.74. The molecule has 5 rings (SSSR count). The number of aryl methyl sites for hydroxylation is 4. The number of hydrogen-bond acceptors (Lipinski definition) is 6. The summed E-state index contributed by atoms with van der Waals surface area (Å²) in [6, 6.07) is 16.3. The van der Waals surface area contributed by atoms with Crippen molar-refractivity contribution in [3.8, 4) is 0 Å². The van der Waals surface area contributed by atoms with Gasteiger partial charge in [-0.2, -0.15) is 5.90 Å². The van der Waals surface area contributed by atoms with Gasteiger partial charge in [-0.3, -0.25) is 9.59 Å². The molecule has 8 heteroatoms. The van der Waals surface area contributed by atoms with E-state index in [1.165, 1.54) is 11.1 Å². The summed E-state index contributed by atoms with van der Waals surface area (Å²) < 4.78 is 1.86. The lowest BCUT2D eigenvalue weighted by Gasteiger charge is -2.31. The SMILES string of the molecule is CCn1nnc2c(C)c([C@H](c3ccc4c(c3)CN(C(=O)c3ccc(C)c(C)c3)CC4)[C@H](C)C(=O)ON)ccc21. The van der Waals surface area contributed by atoms with E-state index >= 15 is 0 Å². The standard InChI is InChI=1S/C31H35N5O3/c1-6-36-27-12-11-26(20(4)29(27)33-34-36)28(21(5)31(38)39-32)23-10-9-22-13-14-35(17-25(22)16-23)30(37)24-8-7-18(2)19(3)15-24/h7-12,15-16,21,28H,6,13-14,17,32H2,1-5H3/t21-,28-/m0/s1. The van der Waals surface area contributed by atoms with Gasteiger partial charge >= 0.3 is 5.97 Å². The molecule has 8 nitrogen and oxygen atoms in total. The molecule has 0 fully saturated rings. The number of nitrogens with two attached hydrogens (primary N) is 1. The van der Waals surface area contributed by atoms with E-state index in [1.807, 2.05) is 74.5 Å². The van der Waals surface area contributed by atoms with Crippen LogP contribution in [0.5, 0.6) is 0 Å². The van der Waals surface area contributed by atoms with Crippen molar-refractivity contribution in [1.29, 1.82) is 0 Å². The smallest absolute Gasteiger partial charge is 0.328 e. The fourth-order valence-electron chi connectivity index (χ4n) is 5.74. The second kappa shape index (κ2) is 10.6. The average molecular weight is 526 g/mol. The number of carbonyl (C=O) groups excluding carboxylic acids is 2.